The maximum atomic E-state index is 12.7. The number of rotatable bonds is 9. The molecule has 0 radical (unpaired) electrons. The fourth-order valence-electron chi connectivity index (χ4n) is 4.20. The summed E-state index contributed by atoms with van der Waals surface area (Å²) in [6, 6.07) is 12.0. The molecule has 1 N–H and O–H groups in total. The number of hydrogen-bond donors (Lipinski definition) is 1. The Bertz CT molecular complexity index is 1230. The number of aromatic nitrogens is 2. The van der Waals surface area contributed by atoms with Crippen LogP contribution in [0.5, 0.6) is 11.5 Å². The van der Waals surface area contributed by atoms with E-state index in [1.54, 1.807) is 19.1 Å². The number of nitrogens with zero attached hydrogens (tertiary/aromatic N) is 4. The van der Waals surface area contributed by atoms with Crippen LogP contribution in [0.2, 0.25) is 5.28 Å². The fourth-order valence-corrected chi connectivity index (χ4v) is 4.44. The maximum Gasteiger partial charge on any atom is 0.416 e. The summed E-state index contributed by atoms with van der Waals surface area (Å²) < 4.78 is 51.4. The largest absolute Gasteiger partial charge is 0.490 e. The van der Waals surface area contributed by atoms with Crippen molar-refractivity contribution in [2.24, 2.45) is 0 Å². The highest BCUT2D eigenvalue weighted by Gasteiger charge is 2.30. The predicted octanol–water partition coefficient (Wildman–Crippen LogP) is 5.86. The number of aliphatic hydroxyl groups is 1. The van der Waals surface area contributed by atoms with E-state index in [1.165, 1.54) is 22.9 Å². The topological polar surface area (TPSA) is 103 Å². The molecule has 9 nitrogen and oxygen atoms in total. The molecule has 3 aromatic rings. The lowest BCUT2D eigenvalue weighted by molar-refractivity contribution is -0.389. The number of hydrogen-bond acceptors (Lipinski definition) is 7. The molecule has 0 saturated carbocycles. The molecule has 4 rings (SSSR count). The Kier molecular flexibility index (Phi) is 8.32. The first-order valence-electron chi connectivity index (χ1n) is 11.9. The Morgan fingerprint density at radius 2 is 1.74 bits per heavy atom. The van der Waals surface area contributed by atoms with E-state index >= 15 is 0 Å². The van der Waals surface area contributed by atoms with E-state index in [9.17, 15) is 28.4 Å². The average Bonchev–Trinajstić information content (AvgIpc) is 3.26. The van der Waals surface area contributed by atoms with Crippen LogP contribution < -0.4 is 14.4 Å². The normalized spacial score (nSPS) is 16.2. The van der Waals surface area contributed by atoms with Crippen molar-refractivity contribution < 1.29 is 32.7 Å². The summed E-state index contributed by atoms with van der Waals surface area (Å²) in [6.07, 6.45) is -3.36. The molecule has 13 heteroatoms. The van der Waals surface area contributed by atoms with Gasteiger partial charge >= 0.3 is 17.3 Å². The molecule has 2 aromatic carbocycles. The van der Waals surface area contributed by atoms with E-state index in [0.29, 0.717) is 37.4 Å². The van der Waals surface area contributed by atoms with E-state index in [4.69, 9.17) is 21.1 Å². The fraction of sp³-hybridized carbons (Fsp3) is 0.400. The first kappa shape index (κ1) is 27.5. The zero-order chi connectivity index (χ0) is 27.4. The Balaban J connectivity index is 1.34. The van der Waals surface area contributed by atoms with Crippen molar-refractivity contribution >= 4 is 23.1 Å². The molecule has 1 aliphatic heterocycles. The number of halogens is 4. The lowest BCUT2D eigenvalue weighted by atomic mass is 10.1. The van der Waals surface area contributed by atoms with Gasteiger partial charge in [-0.1, -0.05) is 0 Å². The van der Waals surface area contributed by atoms with E-state index < -0.39 is 34.8 Å². The van der Waals surface area contributed by atoms with Crippen molar-refractivity contribution in [2.45, 2.75) is 50.8 Å². The third-order valence-electron chi connectivity index (χ3n) is 6.11. The van der Waals surface area contributed by atoms with Gasteiger partial charge in [0.25, 0.3) is 0 Å². The zero-order valence-corrected chi connectivity index (χ0v) is 21.1. The monoisotopic (exact) mass is 554 g/mol. The van der Waals surface area contributed by atoms with Crippen LogP contribution in [0.4, 0.5) is 24.7 Å². The summed E-state index contributed by atoms with van der Waals surface area (Å²) in [5.74, 6) is 0.468. The molecule has 0 aliphatic carbocycles. The molecule has 2 heterocycles. The predicted molar refractivity (Wildman–Crippen MR) is 134 cm³/mol. The van der Waals surface area contributed by atoms with Gasteiger partial charge in [-0.05, 0) is 77.0 Å². The number of nitro groups is 1. The molecular formula is C25H26ClF3N4O5. The minimum Gasteiger partial charge on any atom is -0.490 e. The summed E-state index contributed by atoms with van der Waals surface area (Å²) in [6.45, 7) is 2.97. The van der Waals surface area contributed by atoms with Gasteiger partial charge < -0.3 is 29.6 Å². The highest BCUT2D eigenvalue weighted by molar-refractivity contribution is 6.28. The van der Waals surface area contributed by atoms with Crippen LogP contribution in [0.15, 0.2) is 54.7 Å². The number of imidazole rings is 1. The Hall–Kier alpha value is -3.51. The van der Waals surface area contributed by atoms with Crippen LogP contribution in [0, 0.1) is 10.1 Å². The first-order valence-corrected chi connectivity index (χ1v) is 12.3. The number of anilines is 1. The maximum absolute atomic E-state index is 12.7. The van der Waals surface area contributed by atoms with Crippen molar-refractivity contribution in [1.82, 2.24) is 9.55 Å². The van der Waals surface area contributed by atoms with Crippen LogP contribution in [0.25, 0.3) is 0 Å². The molecule has 0 bridgehead atoms. The summed E-state index contributed by atoms with van der Waals surface area (Å²) in [5.41, 5.74) is 0.243. The minimum atomic E-state index is -4.38. The van der Waals surface area contributed by atoms with Gasteiger partial charge in [0, 0.05) is 38.0 Å². The SMILES string of the molecule is CC(O)CC(Oc1ccc(N2CCC(Oc3ccc(C(F)(F)F)cc3)CC2)cc1)n1cc([N+](=O)[O-])nc1Cl. The molecule has 1 aromatic heterocycles. The summed E-state index contributed by atoms with van der Waals surface area (Å²) >= 11 is 6.07. The summed E-state index contributed by atoms with van der Waals surface area (Å²) in [4.78, 5) is 16.3. The average molecular weight is 555 g/mol. The molecule has 38 heavy (non-hydrogen) atoms. The number of ether oxygens (including phenoxy) is 2. The highest BCUT2D eigenvalue weighted by atomic mass is 35.5. The smallest absolute Gasteiger partial charge is 0.416 e. The van der Waals surface area contributed by atoms with Crippen molar-refractivity contribution in [3.05, 3.63) is 75.7 Å². The number of alkyl halides is 3. The second-order valence-electron chi connectivity index (χ2n) is 9.01. The minimum absolute atomic E-state index is 0.101. The molecule has 1 fully saturated rings. The van der Waals surface area contributed by atoms with Gasteiger partial charge in [-0.2, -0.15) is 13.2 Å². The van der Waals surface area contributed by atoms with E-state index in [2.05, 4.69) is 9.88 Å². The van der Waals surface area contributed by atoms with Gasteiger partial charge in [-0.15, -0.1) is 0 Å². The van der Waals surface area contributed by atoms with Crippen molar-refractivity contribution in [3.8, 4) is 11.5 Å². The molecular weight excluding hydrogens is 529 g/mol. The molecule has 0 spiro atoms. The summed E-state index contributed by atoms with van der Waals surface area (Å²) in [7, 11) is 0. The molecule has 1 saturated heterocycles. The van der Waals surface area contributed by atoms with E-state index in [-0.39, 0.29) is 17.8 Å². The van der Waals surface area contributed by atoms with Crippen LogP contribution >= 0.6 is 11.6 Å². The number of aliphatic hydroxyl groups excluding tert-OH is 1. The standard InChI is InChI=1S/C25H26ClF3N4O5/c1-16(34)14-23(32-15-22(33(35)36)30-24(32)26)38-20-8-4-18(5-9-20)31-12-10-21(11-13-31)37-19-6-2-17(3-7-19)25(27,28)29/h2-9,15-16,21,23,34H,10-14H2,1H3. The lowest BCUT2D eigenvalue weighted by Crippen LogP contribution is -2.38. The Morgan fingerprint density at radius 3 is 2.26 bits per heavy atom. The van der Waals surface area contributed by atoms with E-state index in [0.717, 1.165) is 17.8 Å². The molecule has 0 amide bonds. The molecule has 2 atom stereocenters. The van der Waals surface area contributed by atoms with Crippen LogP contribution in [0.1, 0.15) is 38.0 Å². The second-order valence-corrected chi connectivity index (χ2v) is 9.35. The quantitative estimate of drug-likeness (QED) is 0.261. The van der Waals surface area contributed by atoms with Crippen LogP contribution in [0.3, 0.4) is 0 Å². The number of piperidine rings is 1. The number of benzene rings is 2. The molecule has 1 aliphatic rings. The Labute approximate surface area is 221 Å². The van der Waals surface area contributed by atoms with Gasteiger partial charge in [0.1, 0.15) is 23.8 Å². The third-order valence-corrected chi connectivity index (χ3v) is 6.39. The van der Waals surface area contributed by atoms with Gasteiger partial charge in [0.15, 0.2) is 6.23 Å². The third kappa shape index (κ3) is 6.87. The molecule has 2 unspecified atom stereocenters. The first-order chi connectivity index (χ1) is 18.0. The van der Waals surface area contributed by atoms with Gasteiger partial charge in [0.05, 0.1) is 11.7 Å². The molecule has 204 valence electrons. The highest BCUT2D eigenvalue weighted by Crippen LogP contribution is 2.32. The van der Waals surface area contributed by atoms with Crippen molar-refractivity contribution in [2.75, 3.05) is 18.0 Å². The van der Waals surface area contributed by atoms with E-state index in [1.807, 2.05) is 12.1 Å². The van der Waals surface area contributed by atoms with Gasteiger partial charge in [-0.3, -0.25) is 4.57 Å². The van der Waals surface area contributed by atoms with Crippen molar-refractivity contribution in [3.63, 3.8) is 0 Å². The zero-order valence-electron chi connectivity index (χ0n) is 20.3. The van der Waals surface area contributed by atoms with Gasteiger partial charge in [-0.25, -0.2) is 0 Å². The Morgan fingerprint density at radius 1 is 1.13 bits per heavy atom. The lowest BCUT2D eigenvalue weighted by Gasteiger charge is -2.34. The van der Waals surface area contributed by atoms with Gasteiger partial charge in [0.2, 0.25) is 0 Å². The van der Waals surface area contributed by atoms with Crippen molar-refractivity contribution in [1.29, 1.82) is 0 Å². The summed E-state index contributed by atoms with van der Waals surface area (Å²) in [5, 5.41) is 20.8. The second kappa shape index (κ2) is 11.5. The van der Waals surface area contributed by atoms with Crippen LogP contribution in [-0.4, -0.2) is 44.9 Å². The van der Waals surface area contributed by atoms with Crippen LogP contribution in [-0.2, 0) is 6.18 Å².